The molecule has 19 heavy (non-hydrogen) atoms. The minimum absolute atomic E-state index is 0.0802. The van der Waals surface area contributed by atoms with E-state index < -0.39 is 12.1 Å². The Hall–Kier alpha value is -1.81. The van der Waals surface area contributed by atoms with E-state index in [1.165, 1.54) is 0 Å². The van der Waals surface area contributed by atoms with E-state index in [0.717, 1.165) is 16.9 Å². The fourth-order valence-corrected chi connectivity index (χ4v) is 1.61. The lowest BCUT2D eigenvalue weighted by atomic mass is 10.0. The average Bonchev–Trinajstić information content (AvgIpc) is 2.36. The Kier molecular flexibility index (Phi) is 6.09. The highest BCUT2D eigenvalue weighted by Crippen LogP contribution is 2.22. The van der Waals surface area contributed by atoms with Crippen LogP contribution >= 0.6 is 0 Å². The Morgan fingerprint density at radius 1 is 1.37 bits per heavy atom. The predicted molar refractivity (Wildman–Crippen MR) is 73.2 cm³/mol. The van der Waals surface area contributed by atoms with Crippen molar-refractivity contribution in [1.82, 2.24) is 0 Å². The minimum atomic E-state index is -0.837. The lowest BCUT2D eigenvalue weighted by molar-refractivity contribution is -0.137. The van der Waals surface area contributed by atoms with Crippen LogP contribution < -0.4 is 4.74 Å². The summed E-state index contributed by atoms with van der Waals surface area (Å²) in [6.45, 7) is 6.11. The van der Waals surface area contributed by atoms with E-state index in [4.69, 9.17) is 9.84 Å². The Bertz CT molecular complexity index is 422. The highest BCUT2D eigenvalue weighted by Gasteiger charge is 2.08. The minimum Gasteiger partial charge on any atom is -0.489 e. The summed E-state index contributed by atoms with van der Waals surface area (Å²) in [5.41, 5.74) is 1.71. The predicted octanol–water partition coefficient (Wildman–Crippen LogP) is 2.93. The molecule has 1 aromatic carbocycles. The molecule has 0 radical (unpaired) electrons. The molecule has 1 atom stereocenters. The average molecular weight is 264 g/mol. The summed E-state index contributed by atoms with van der Waals surface area (Å²) in [4.78, 5) is 10.4. The summed E-state index contributed by atoms with van der Waals surface area (Å²) < 4.78 is 5.46. The molecular formula is C15H20O4. The fourth-order valence-electron chi connectivity index (χ4n) is 1.61. The van der Waals surface area contributed by atoms with Crippen LogP contribution in [0.1, 0.15) is 37.9 Å². The zero-order chi connectivity index (χ0) is 14.3. The van der Waals surface area contributed by atoms with E-state index >= 15 is 0 Å². The van der Waals surface area contributed by atoms with Gasteiger partial charge < -0.3 is 14.9 Å². The van der Waals surface area contributed by atoms with E-state index in [1.54, 1.807) is 24.3 Å². The van der Waals surface area contributed by atoms with Crippen molar-refractivity contribution in [2.45, 2.75) is 32.3 Å². The summed E-state index contributed by atoms with van der Waals surface area (Å²) in [6.07, 6.45) is 0.356. The van der Waals surface area contributed by atoms with Crippen LogP contribution in [0, 0.1) is 0 Å². The van der Waals surface area contributed by atoms with Gasteiger partial charge in [-0.2, -0.15) is 0 Å². The van der Waals surface area contributed by atoms with Crippen LogP contribution in [0.5, 0.6) is 5.75 Å². The quantitative estimate of drug-likeness (QED) is 0.708. The molecule has 0 spiro atoms. The van der Waals surface area contributed by atoms with Gasteiger partial charge in [0.15, 0.2) is 0 Å². The molecule has 0 aliphatic heterocycles. The fraction of sp³-hybridized carbons (Fsp3) is 0.400. The van der Waals surface area contributed by atoms with Gasteiger partial charge in [-0.25, -0.2) is 0 Å². The van der Waals surface area contributed by atoms with Crippen LogP contribution in [-0.4, -0.2) is 22.8 Å². The summed E-state index contributed by atoms with van der Waals surface area (Å²) in [6, 6.07) is 7.16. The number of hydrogen-bond donors (Lipinski definition) is 2. The molecule has 1 unspecified atom stereocenters. The van der Waals surface area contributed by atoms with Gasteiger partial charge in [-0.1, -0.05) is 18.7 Å². The Balaban J connectivity index is 2.45. The van der Waals surface area contributed by atoms with Gasteiger partial charge >= 0.3 is 5.97 Å². The first-order chi connectivity index (χ1) is 8.99. The van der Waals surface area contributed by atoms with Crippen molar-refractivity contribution in [2.24, 2.45) is 0 Å². The Morgan fingerprint density at radius 2 is 2.00 bits per heavy atom. The number of aliphatic hydroxyl groups excluding tert-OH is 1. The third kappa shape index (κ3) is 6.06. The lowest BCUT2D eigenvalue weighted by Gasteiger charge is -2.11. The highest BCUT2D eigenvalue weighted by molar-refractivity contribution is 5.66. The molecule has 1 aromatic rings. The second-order valence-corrected chi connectivity index (χ2v) is 4.62. The van der Waals surface area contributed by atoms with E-state index in [1.807, 2.05) is 6.92 Å². The molecule has 2 N–H and O–H groups in total. The van der Waals surface area contributed by atoms with Crippen molar-refractivity contribution in [2.75, 3.05) is 6.61 Å². The van der Waals surface area contributed by atoms with Crippen molar-refractivity contribution in [3.63, 3.8) is 0 Å². The smallest absolute Gasteiger partial charge is 0.303 e. The number of aliphatic hydroxyl groups is 1. The third-order valence-electron chi connectivity index (χ3n) is 2.62. The maximum Gasteiger partial charge on any atom is 0.303 e. The van der Waals surface area contributed by atoms with Crippen LogP contribution in [0.4, 0.5) is 0 Å². The maximum atomic E-state index is 10.4. The van der Waals surface area contributed by atoms with E-state index in [9.17, 15) is 9.90 Å². The lowest BCUT2D eigenvalue weighted by Crippen LogP contribution is -2.01. The number of carbonyl (C=O) groups is 1. The van der Waals surface area contributed by atoms with E-state index in [2.05, 4.69) is 6.58 Å². The second kappa shape index (κ2) is 7.59. The number of aliphatic carboxylic acids is 1. The zero-order valence-electron chi connectivity index (χ0n) is 11.1. The molecule has 0 bridgehead atoms. The van der Waals surface area contributed by atoms with Gasteiger partial charge in [0.2, 0.25) is 0 Å². The molecule has 0 aliphatic rings. The molecular weight excluding hydrogens is 244 g/mol. The van der Waals surface area contributed by atoms with Crippen molar-refractivity contribution < 1.29 is 19.7 Å². The summed E-state index contributed by atoms with van der Waals surface area (Å²) in [5.74, 6) is -0.111. The molecule has 1 rings (SSSR count). The molecule has 0 saturated heterocycles. The Labute approximate surface area is 113 Å². The van der Waals surface area contributed by atoms with Crippen LogP contribution in [0.25, 0.3) is 0 Å². The Morgan fingerprint density at radius 3 is 2.53 bits per heavy atom. The van der Waals surface area contributed by atoms with Crippen molar-refractivity contribution in [3.05, 3.63) is 42.0 Å². The normalized spacial score (nSPS) is 11.9. The largest absolute Gasteiger partial charge is 0.489 e. The standard InChI is InChI=1S/C15H20O4/c1-11(2)10-19-13-8-6-12(7-9-13)14(16)4-3-5-15(17)18/h6-9,14,16H,1,3-5,10H2,2H3,(H,17,18). The van der Waals surface area contributed by atoms with Gasteiger partial charge in [-0.05, 0) is 43.0 Å². The number of rotatable bonds is 8. The van der Waals surface area contributed by atoms with E-state index in [0.29, 0.717) is 19.4 Å². The molecule has 0 aliphatic carbocycles. The van der Waals surface area contributed by atoms with E-state index in [-0.39, 0.29) is 6.42 Å². The molecule has 4 nitrogen and oxygen atoms in total. The van der Waals surface area contributed by atoms with Gasteiger partial charge in [0, 0.05) is 6.42 Å². The zero-order valence-corrected chi connectivity index (χ0v) is 11.1. The topological polar surface area (TPSA) is 66.8 Å². The molecule has 0 fully saturated rings. The van der Waals surface area contributed by atoms with Crippen molar-refractivity contribution >= 4 is 5.97 Å². The summed E-state index contributed by atoms with van der Waals surface area (Å²) in [7, 11) is 0. The molecule has 0 amide bonds. The van der Waals surface area contributed by atoms with Crippen LogP contribution in [0.3, 0.4) is 0 Å². The first kappa shape index (κ1) is 15.2. The first-order valence-electron chi connectivity index (χ1n) is 6.26. The summed E-state index contributed by atoms with van der Waals surface area (Å²) in [5, 5.41) is 18.4. The molecule has 0 heterocycles. The maximum absolute atomic E-state index is 10.4. The van der Waals surface area contributed by atoms with Gasteiger partial charge in [0.25, 0.3) is 0 Å². The van der Waals surface area contributed by atoms with Gasteiger partial charge in [-0.3, -0.25) is 4.79 Å². The third-order valence-corrected chi connectivity index (χ3v) is 2.62. The first-order valence-corrected chi connectivity index (χ1v) is 6.26. The number of carboxylic acid groups (broad SMARTS) is 1. The number of ether oxygens (including phenoxy) is 1. The monoisotopic (exact) mass is 264 g/mol. The van der Waals surface area contributed by atoms with Gasteiger partial charge in [0.1, 0.15) is 12.4 Å². The second-order valence-electron chi connectivity index (χ2n) is 4.62. The highest BCUT2D eigenvalue weighted by atomic mass is 16.5. The van der Waals surface area contributed by atoms with Crippen LogP contribution in [-0.2, 0) is 4.79 Å². The number of benzene rings is 1. The molecule has 0 saturated carbocycles. The molecule has 0 aromatic heterocycles. The van der Waals surface area contributed by atoms with Gasteiger partial charge in [-0.15, -0.1) is 0 Å². The SMILES string of the molecule is C=C(C)COc1ccc(C(O)CCCC(=O)O)cc1. The van der Waals surface area contributed by atoms with Crippen molar-refractivity contribution in [3.8, 4) is 5.75 Å². The summed E-state index contributed by atoms with van der Waals surface area (Å²) >= 11 is 0. The van der Waals surface area contributed by atoms with Crippen LogP contribution in [0.15, 0.2) is 36.4 Å². The van der Waals surface area contributed by atoms with Crippen LogP contribution in [0.2, 0.25) is 0 Å². The van der Waals surface area contributed by atoms with Gasteiger partial charge in [0.05, 0.1) is 6.10 Å². The van der Waals surface area contributed by atoms with Crippen molar-refractivity contribution in [1.29, 1.82) is 0 Å². The number of carboxylic acids is 1. The molecule has 104 valence electrons. The number of hydrogen-bond acceptors (Lipinski definition) is 3. The molecule has 4 heteroatoms.